The van der Waals surface area contributed by atoms with Crippen molar-refractivity contribution in [3.63, 3.8) is 0 Å². The second-order valence-electron chi connectivity index (χ2n) is 5.08. The fourth-order valence-electron chi connectivity index (χ4n) is 2.53. The number of benzene rings is 1. The molecule has 1 fully saturated rings. The molecule has 0 N–H and O–H groups in total. The highest BCUT2D eigenvalue weighted by Crippen LogP contribution is 2.33. The Bertz CT molecular complexity index is 537. The molecule has 0 spiro atoms. The topological polar surface area (TPSA) is 71.1 Å². The maximum absolute atomic E-state index is 11.7. The lowest BCUT2D eigenvalue weighted by Gasteiger charge is -2.22. The molecule has 0 aliphatic heterocycles. The predicted octanol–water partition coefficient (Wildman–Crippen LogP) is 3.56. The Morgan fingerprint density at radius 3 is 2.45 bits per heavy atom. The Morgan fingerprint density at radius 2 is 1.82 bits per heavy atom. The van der Waals surface area contributed by atoms with Gasteiger partial charge in [-0.25, -0.2) is 4.89 Å². The number of rotatable bonds is 8. The zero-order valence-corrected chi connectivity index (χ0v) is 14.0. The third kappa shape index (κ3) is 5.77. The van der Waals surface area contributed by atoms with Crippen molar-refractivity contribution in [2.45, 2.75) is 38.0 Å². The Balaban J connectivity index is 1.87. The lowest BCUT2D eigenvalue weighted by Crippen LogP contribution is -2.12. The van der Waals surface area contributed by atoms with E-state index in [1.54, 1.807) is 12.1 Å². The van der Waals surface area contributed by atoms with Crippen LogP contribution in [0.4, 0.5) is 0 Å². The van der Waals surface area contributed by atoms with Gasteiger partial charge in [0.2, 0.25) is 0 Å². The summed E-state index contributed by atoms with van der Waals surface area (Å²) in [4.78, 5) is 4.17. The van der Waals surface area contributed by atoms with Crippen molar-refractivity contribution < 1.29 is 26.9 Å². The molecule has 0 atom stereocenters. The highest BCUT2D eigenvalue weighted by Gasteiger charge is 2.17. The molecular weight excluding hydrogens is 328 g/mol. The molecule has 22 heavy (non-hydrogen) atoms. The Hall–Kier alpha value is -0.800. The van der Waals surface area contributed by atoms with Gasteiger partial charge in [-0.15, -0.1) is 4.33 Å². The summed E-state index contributed by atoms with van der Waals surface area (Å²) in [6.45, 7) is 0. The van der Waals surface area contributed by atoms with Gasteiger partial charge < -0.3 is 4.18 Å². The van der Waals surface area contributed by atoms with Crippen LogP contribution in [-0.4, -0.2) is 20.6 Å². The zero-order valence-electron chi connectivity index (χ0n) is 12.4. The molecular formula is C14H20O6S2. The van der Waals surface area contributed by atoms with E-state index in [1.807, 2.05) is 12.1 Å². The van der Waals surface area contributed by atoms with Crippen LogP contribution in [0.1, 0.15) is 43.6 Å². The van der Waals surface area contributed by atoms with Gasteiger partial charge in [0.15, 0.2) is 5.08 Å². The third-order valence-electron chi connectivity index (χ3n) is 3.52. The molecule has 1 aromatic carbocycles. The van der Waals surface area contributed by atoms with Crippen molar-refractivity contribution in [3.05, 3.63) is 29.8 Å². The molecule has 0 amide bonds. The number of hydrogen-bond acceptors (Lipinski definition) is 7. The Morgan fingerprint density at radius 1 is 1.14 bits per heavy atom. The molecule has 1 aliphatic rings. The van der Waals surface area contributed by atoms with Crippen molar-refractivity contribution in [2.75, 3.05) is 12.2 Å². The fourth-order valence-corrected chi connectivity index (χ4v) is 3.85. The Labute approximate surface area is 135 Å². The molecule has 1 saturated carbocycles. The van der Waals surface area contributed by atoms with Crippen molar-refractivity contribution in [3.8, 4) is 5.75 Å². The minimum atomic E-state index is -3.75. The van der Waals surface area contributed by atoms with E-state index in [-0.39, 0.29) is 0 Å². The van der Waals surface area contributed by atoms with Crippen LogP contribution in [0.3, 0.4) is 0 Å². The summed E-state index contributed by atoms with van der Waals surface area (Å²) in [6, 6.07) is 7.27. The van der Waals surface area contributed by atoms with Gasteiger partial charge in [0.05, 0.1) is 19.2 Å². The van der Waals surface area contributed by atoms with Gasteiger partial charge in [0.1, 0.15) is 5.75 Å². The summed E-state index contributed by atoms with van der Waals surface area (Å²) < 4.78 is 32.9. The van der Waals surface area contributed by atoms with Crippen LogP contribution in [-0.2, 0) is 24.4 Å². The van der Waals surface area contributed by atoms with Gasteiger partial charge in [0.25, 0.3) is 0 Å². The molecule has 6 nitrogen and oxygen atoms in total. The first-order chi connectivity index (χ1) is 10.6. The second-order valence-corrected chi connectivity index (χ2v) is 7.68. The van der Waals surface area contributed by atoms with Gasteiger partial charge in [-0.3, -0.25) is 0 Å². The monoisotopic (exact) mass is 348 g/mol. The van der Waals surface area contributed by atoms with Crippen molar-refractivity contribution in [1.29, 1.82) is 0 Å². The van der Waals surface area contributed by atoms with E-state index in [0.29, 0.717) is 23.7 Å². The summed E-state index contributed by atoms with van der Waals surface area (Å²) in [5, 5.41) is 3.70. The predicted molar refractivity (Wildman–Crippen MR) is 83.5 cm³/mol. The number of hydrogen-bond donors (Lipinski definition) is 0. The smallest absolute Gasteiger partial charge is 0.321 e. The Kier molecular flexibility index (Phi) is 6.97. The molecule has 0 saturated heterocycles. The van der Waals surface area contributed by atoms with E-state index in [1.165, 1.54) is 44.8 Å². The van der Waals surface area contributed by atoms with Gasteiger partial charge >= 0.3 is 10.1 Å². The highest BCUT2D eigenvalue weighted by molar-refractivity contribution is 8.08. The minimum Gasteiger partial charge on any atom is -0.382 e. The van der Waals surface area contributed by atoms with Crippen LogP contribution in [0.2, 0.25) is 0 Å². The van der Waals surface area contributed by atoms with Crippen LogP contribution >= 0.6 is 12.0 Å². The summed E-state index contributed by atoms with van der Waals surface area (Å²) in [7, 11) is -2.50. The van der Waals surface area contributed by atoms with E-state index in [0.717, 1.165) is 0 Å². The molecule has 1 aromatic rings. The average Bonchev–Trinajstić information content (AvgIpc) is 2.53. The lowest BCUT2D eigenvalue weighted by atomic mass is 9.84. The van der Waals surface area contributed by atoms with E-state index in [2.05, 4.69) is 14.3 Å². The van der Waals surface area contributed by atoms with Crippen LogP contribution in [0.25, 0.3) is 0 Å². The molecule has 124 valence electrons. The fraction of sp³-hybridized carbons (Fsp3) is 0.571. The van der Waals surface area contributed by atoms with E-state index >= 15 is 0 Å². The van der Waals surface area contributed by atoms with Crippen molar-refractivity contribution in [1.82, 2.24) is 0 Å². The van der Waals surface area contributed by atoms with Crippen LogP contribution in [0.5, 0.6) is 5.75 Å². The highest BCUT2D eigenvalue weighted by atomic mass is 32.3. The summed E-state index contributed by atoms with van der Waals surface area (Å²) in [5.41, 5.74) is 1.25. The molecule has 1 aliphatic carbocycles. The van der Waals surface area contributed by atoms with Crippen LogP contribution < -0.4 is 4.18 Å². The largest absolute Gasteiger partial charge is 0.382 e. The zero-order chi connectivity index (χ0) is 15.8. The molecule has 0 bridgehead atoms. The molecule has 0 radical (unpaired) electrons. The summed E-state index contributed by atoms with van der Waals surface area (Å²) in [6.07, 6.45) is 6.23. The maximum Gasteiger partial charge on any atom is 0.321 e. The lowest BCUT2D eigenvalue weighted by molar-refractivity contribution is -0.447. The third-order valence-corrected chi connectivity index (χ3v) is 5.65. The molecule has 0 aromatic heterocycles. The van der Waals surface area contributed by atoms with Gasteiger partial charge in [0, 0.05) is 0 Å². The van der Waals surface area contributed by atoms with Crippen LogP contribution in [0.15, 0.2) is 24.3 Å². The quantitative estimate of drug-likeness (QED) is 0.234. The molecule has 0 heterocycles. The maximum atomic E-state index is 11.7. The normalized spacial score (nSPS) is 16.6. The summed E-state index contributed by atoms with van der Waals surface area (Å²) >= 11 is 0.570. The molecule has 8 heteroatoms. The standard InChI is InChI=1S/C14H20O6S2/c1-17-19-20-21-11-22(15,16)18-14-9-7-13(8-10-14)12-5-3-2-4-6-12/h7-10,12H,2-6,11H2,1H3. The molecule has 2 rings (SSSR count). The van der Waals surface area contributed by atoms with Gasteiger partial charge in [-0.2, -0.15) is 8.42 Å². The van der Waals surface area contributed by atoms with Gasteiger partial charge in [-0.1, -0.05) is 36.4 Å². The SMILES string of the molecule is COOOSCS(=O)(=O)Oc1ccc(C2CCCCC2)cc1. The van der Waals surface area contributed by atoms with E-state index < -0.39 is 15.2 Å². The van der Waals surface area contributed by atoms with E-state index in [4.69, 9.17) is 4.18 Å². The first-order valence-corrected chi connectivity index (χ1v) is 9.60. The average molecular weight is 348 g/mol. The van der Waals surface area contributed by atoms with Crippen molar-refractivity contribution in [2.24, 2.45) is 0 Å². The second kappa shape index (κ2) is 8.73. The van der Waals surface area contributed by atoms with Crippen molar-refractivity contribution >= 4 is 22.2 Å². The molecule has 0 unspecified atom stereocenters. The van der Waals surface area contributed by atoms with Gasteiger partial charge in [-0.05, 0) is 36.5 Å². The first kappa shape index (κ1) is 17.6. The minimum absolute atomic E-state index is 0.299. The first-order valence-electron chi connectivity index (χ1n) is 7.12. The van der Waals surface area contributed by atoms with E-state index in [9.17, 15) is 8.42 Å². The summed E-state index contributed by atoms with van der Waals surface area (Å²) in [5.74, 6) is 0.877. The van der Waals surface area contributed by atoms with Crippen LogP contribution in [0, 0.1) is 0 Å².